The molecule has 1 fully saturated rings. The maximum atomic E-state index is 5.60. The predicted octanol–water partition coefficient (Wildman–Crippen LogP) is 0.429. The lowest BCUT2D eigenvalue weighted by Gasteiger charge is -2.24. The molecule has 0 saturated heterocycles. The Morgan fingerprint density at radius 3 is 2.22 bits per heavy atom. The summed E-state index contributed by atoms with van der Waals surface area (Å²) in [6.07, 6.45) is 2.60. The van der Waals surface area contributed by atoms with Gasteiger partial charge in [-0.3, -0.25) is 4.90 Å². The molecule has 0 radical (unpaired) electrons. The molecule has 1 saturated carbocycles. The zero-order valence-corrected chi connectivity index (χ0v) is 6.35. The van der Waals surface area contributed by atoms with Gasteiger partial charge in [-0.2, -0.15) is 0 Å². The van der Waals surface area contributed by atoms with Crippen LogP contribution in [-0.4, -0.2) is 30.6 Å². The molecular weight excluding hydrogens is 112 g/mol. The van der Waals surface area contributed by atoms with Crippen LogP contribution >= 0.6 is 0 Å². The second kappa shape index (κ2) is 2.27. The van der Waals surface area contributed by atoms with Crippen molar-refractivity contribution in [2.45, 2.75) is 25.3 Å². The topological polar surface area (TPSA) is 29.3 Å². The molecule has 9 heavy (non-hydrogen) atoms. The number of rotatable bonds is 3. The van der Waals surface area contributed by atoms with E-state index in [0.29, 0.717) is 5.54 Å². The minimum absolute atomic E-state index is 0.411. The Morgan fingerprint density at radius 1 is 1.56 bits per heavy atom. The Bertz CT molecular complexity index is 97.1. The molecular formula is C7H16N2. The van der Waals surface area contributed by atoms with Crippen molar-refractivity contribution in [2.24, 2.45) is 5.73 Å². The summed E-state index contributed by atoms with van der Waals surface area (Å²) < 4.78 is 0. The molecule has 0 unspecified atom stereocenters. The van der Waals surface area contributed by atoms with Crippen LogP contribution in [0.4, 0.5) is 0 Å². The lowest BCUT2D eigenvalue weighted by molar-refractivity contribution is 0.239. The molecule has 0 bridgehead atoms. The van der Waals surface area contributed by atoms with Gasteiger partial charge in [0.15, 0.2) is 0 Å². The van der Waals surface area contributed by atoms with Crippen LogP contribution in [0.15, 0.2) is 0 Å². The van der Waals surface area contributed by atoms with Crippen LogP contribution in [0.1, 0.15) is 19.8 Å². The third-order valence-corrected chi connectivity index (χ3v) is 2.49. The van der Waals surface area contributed by atoms with Crippen molar-refractivity contribution in [1.82, 2.24) is 4.90 Å². The Morgan fingerprint density at radius 2 is 2.11 bits per heavy atom. The van der Waals surface area contributed by atoms with Crippen molar-refractivity contribution in [3.8, 4) is 0 Å². The first-order valence-electron chi connectivity index (χ1n) is 3.66. The molecule has 0 amide bonds. The minimum atomic E-state index is 0.411. The van der Waals surface area contributed by atoms with Crippen molar-refractivity contribution in [3.63, 3.8) is 0 Å². The molecule has 2 nitrogen and oxygen atoms in total. The van der Waals surface area contributed by atoms with Gasteiger partial charge in [0.05, 0.1) is 0 Å². The first-order chi connectivity index (χ1) is 4.25. The standard InChI is InChI=1S/C7H16N2/c1-3-9(2)7(6-8)4-5-7/h3-6,8H2,1-2H3. The lowest BCUT2D eigenvalue weighted by atomic mass is 10.2. The summed E-state index contributed by atoms with van der Waals surface area (Å²) in [6.45, 7) is 4.13. The van der Waals surface area contributed by atoms with Gasteiger partial charge in [0.1, 0.15) is 0 Å². The van der Waals surface area contributed by atoms with E-state index in [1.165, 1.54) is 12.8 Å². The van der Waals surface area contributed by atoms with E-state index < -0.39 is 0 Å². The van der Waals surface area contributed by atoms with Gasteiger partial charge in [0.2, 0.25) is 0 Å². The van der Waals surface area contributed by atoms with E-state index in [1.807, 2.05) is 0 Å². The SMILES string of the molecule is CCN(C)C1(CN)CC1. The third-order valence-electron chi connectivity index (χ3n) is 2.49. The highest BCUT2D eigenvalue weighted by Crippen LogP contribution is 2.39. The molecule has 0 spiro atoms. The summed E-state index contributed by atoms with van der Waals surface area (Å²) in [6, 6.07) is 0. The molecule has 0 aliphatic heterocycles. The number of hydrogen-bond acceptors (Lipinski definition) is 2. The average molecular weight is 128 g/mol. The predicted molar refractivity (Wildman–Crippen MR) is 39.3 cm³/mol. The molecule has 1 rings (SSSR count). The van der Waals surface area contributed by atoms with Crippen molar-refractivity contribution >= 4 is 0 Å². The van der Waals surface area contributed by atoms with E-state index in [-0.39, 0.29) is 0 Å². The van der Waals surface area contributed by atoms with Gasteiger partial charge in [0, 0.05) is 12.1 Å². The quantitative estimate of drug-likeness (QED) is 0.597. The average Bonchev–Trinajstić information content (AvgIpc) is 2.66. The summed E-state index contributed by atoms with van der Waals surface area (Å²) in [5.41, 5.74) is 6.02. The smallest absolute Gasteiger partial charge is 0.0329 e. The molecule has 0 aromatic rings. The summed E-state index contributed by atoms with van der Waals surface area (Å²) in [4.78, 5) is 2.35. The molecule has 0 aromatic heterocycles. The molecule has 0 heterocycles. The summed E-state index contributed by atoms with van der Waals surface area (Å²) in [7, 11) is 2.15. The number of nitrogens with zero attached hydrogens (tertiary/aromatic N) is 1. The zero-order chi connectivity index (χ0) is 6.91. The molecule has 1 aliphatic carbocycles. The molecule has 0 atom stereocenters. The zero-order valence-electron chi connectivity index (χ0n) is 6.35. The molecule has 2 heteroatoms. The Labute approximate surface area is 57.0 Å². The van der Waals surface area contributed by atoms with E-state index in [2.05, 4.69) is 18.9 Å². The van der Waals surface area contributed by atoms with Crippen LogP contribution < -0.4 is 5.73 Å². The monoisotopic (exact) mass is 128 g/mol. The van der Waals surface area contributed by atoms with Gasteiger partial charge in [-0.25, -0.2) is 0 Å². The maximum absolute atomic E-state index is 5.60. The highest BCUT2D eigenvalue weighted by atomic mass is 15.2. The highest BCUT2D eigenvalue weighted by molar-refractivity contribution is 5.03. The second-order valence-electron chi connectivity index (χ2n) is 2.94. The lowest BCUT2D eigenvalue weighted by Crippen LogP contribution is -2.39. The van der Waals surface area contributed by atoms with Gasteiger partial charge >= 0.3 is 0 Å². The second-order valence-corrected chi connectivity index (χ2v) is 2.94. The number of likely N-dealkylation sites (N-methyl/N-ethyl adjacent to an activating group) is 1. The summed E-state index contributed by atoms with van der Waals surface area (Å²) in [5.74, 6) is 0. The van der Waals surface area contributed by atoms with Gasteiger partial charge in [0.25, 0.3) is 0 Å². The van der Waals surface area contributed by atoms with Crippen LogP contribution in [0.5, 0.6) is 0 Å². The Balaban J connectivity index is 2.39. The maximum Gasteiger partial charge on any atom is 0.0329 e. The normalized spacial score (nSPS) is 22.7. The van der Waals surface area contributed by atoms with E-state index in [1.54, 1.807) is 0 Å². The third kappa shape index (κ3) is 1.10. The first kappa shape index (κ1) is 7.03. The fourth-order valence-electron chi connectivity index (χ4n) is 1.22. The van der Waals surface area contributed by atoms with Crippen LogP contribution in [0.25, 0.3) is 0 Å². The van der Waals surface area contributed by atoms with Crippen LogP contribution in [0.2, 0.25) is 0 Å². The highest BCUT2D eigenvalue weighted by Gasteiger charge is 2.43. The van der Waals surface area contributed by atoms with Crippen molar-refractivity contribution in [1.29, 1.82) is 0 Å². The van der Waals surface area contributed by atoms with Gasteiger partial charge in [-0.15, -0.1) is 0 Å². The largest absolute Gasteiger partial charge is 0.329 e. The van der Waals surface area contributed by atoms with Crippen molar-refractivity contribution < 1.29 is 0 Å². The molecule has 54 valence electrons. The first-order valence-corrected chi connectivity index (χ1v) is 3.66. The Hall–Kier alpha value is -0.0800. The summed E-state index contributed by atoms with van der Waals surface area (Å²) >= 11 is 0. The molecule has 1 aliphatic rings. The van der Waals surface area contributed by atoms with Crippen LogP contribution in [0, 0.1) is 0 Å². The van der Waals surface area contributed by atoms with E-state index in [9.17, 15) is 0 Å². The van der Waals surface area contributed by atoms with Crippen molar-refractivity contribution in [2.75, 3.05) is 20.1 Å². The number of hydrogen-bond donors (Lipinski definition) is 1. The van der Waals surface area contributed by atoms with Gasteiger partial charge < -0.3 is 5.73 Å². The van der Waals surface area contributed by atoms with Gasteiger partial charge in [-0.1, -0.05) is 6.92 Å². The molecule has 0 aromatic carbocycles. The van der Waals surface area contributed by atoms with Gasteiger partial charge in [-0.05, 0) is 26.4 Å². The summed E-state index contributed by atoms with van der Waals surface area (Å²) in [5, 5.41) is 0. The van der Waals surface area contributed by atoms with Crippen LogP contribution in [-0.2, 0) is 0 Å². The van der Waals surface area contributed by atoms with E-state index in [0.717, 1.165) is 13.1 Å². The minimum Gasteiger partial charge on any atom is -0.329 e. The fraction of sp³-hybridized carbons (Fsp3) is 1.00. The van der Waals surface area contributed by atoms with E-state index in [4.69, 9.17) is 5.73 Å². The number of nitrogens with two attached hydrogens (primary N) is 1. The molecule has 2 N–H and O–H groups in total. The fourth-order valence-corrected chi connectivity index (χ4v) is 1.22. The van der Waals surface area contributed by atoms with Crippen LogP contribution in [0.3, 0.4) is 0 Å². The van der Waals surface area contributed by atoms with Crippen molar-refractivity contribution in [3.05, 3.63) is 0 Å². The Kier molecular flexibility index (Phi) is 1.78. The van der Waals surface area contributed by atoms with E-state index >= 15 is 0 Å².